The van der Waals surface area contributed by atoms with E-state index in [0.29, 0.717) is 19.3 Å². The quantitative estimate of drug-likeness (QED) is 0.657. The van der Waals surface area contributed by atoms with Gasteiger partial charge in [-0.3, -0.25) is 0 Å². The highest BCUT2D eigenvalue weighted by Gasteiger charge is 2.39. The van der Waals surface area contributed by atoms with Gasteiger partial charge in [-0.05, 0) is 19.8 Å². The minimum Gasteiger partial charge on any atom is -0.389 e. The summed E-state index contributed by atoms with van der Waals surface area (Å²) < 4.78 is 22.2. The van der Waals surface area contributed by atoms with Crippen LogP contribution in [0.2, 0.25) is 0 Å². The first-order valence-corrected chi connectivity index (χ1v) is 6.12. The fourth-order valence-electron chi connectivity index (χ4n) is 1.52. The van der Waals surface area contributed by atoms with Crippen LogP contribution in [0.1, 0.15) is 26.2 Å². The van der Waals surface area contributed by atoms with Gasteiger partial charge in [-0.25, -0.2) is 8.42 Å². The van der Waals surface area contributed by atoms with E-state index in [9.17, 15) is 13.5 Å². The maximum Gasteiger partial charge on any atom is 0.153 e. The molecular formula is C9H14O3S. The van der Waals surface area contributed by atoms with E-state index in [4.69, 9.17) is 0 Å². The molecule has 1 rings (SSSR count). The fraction of sp³-hybridized carbons (Fsp3) is 0.778. The minimum atomic E-state index is -2.99. The lowest BCUT2D eigenvalue weighted by atomic mass is 9.97. The molecule has 3 nitrogen and oxygen atoms in total. The fourth-order valence-corrected chi connectivity index (χ4v) is 3.46. The first-order chi connectivity index (χ1) is 5.97. The third-order valence-corrected chi connectivity index (χ3v) is 4.06. The van der Waals surface area contributed by atoms with E-state index in [0.717, 1.165) is 0 Å². The van der Waals surface area contributed by atoms with Crippen LogP contribution in [0.3, 0.4) is 0 Å². The molecule has 0 aromatic heterocycles. The molecule has 1 unspecified atom stereocenters. The van der Waals surface area contributed by atoms with Gasteiger partial charge in [0, 0.05) is 6.42 Å². The molecule has 1 aliphatic heterocycles. The van der Waals surface area contributed by atoms with E-state index >= 15 is 0 Å². The molecule has 1 saturated heterocycles. The smallest absolute Gasteiger partial charge is 0.153 e. The lowest BCUT2D eigenvalue weighted by Crippen LogP contribution is -2.29. The van der Waals surface area contributed by atoms with Gasteiger partial charge >= 0.3 is 0 Å². The van der Waals surface area contributed by atoms with Gasteiger partial charge in [0.2, 0.25) is 0 Å². The maximum absolute atomic E-state index is 11.1. The van der Waals surface area contributed by atoms with Gasteiger partial charge in [-0.1, -0.05) is 0 Å². The number of sulfone groups is 1. The molecule has 1 heterocycles. The number of hydrogen-bond acceptors (Lipinski definition) is 3. The van der Waals surface area contributed by atoms with Crippen LogP contribution in [-0.2, 0) is 9.84 Å². The van der Waals surface area contributed by atoms with Crippen molar-refractivity contribution < 1.29 is 13.5 Å². The first-order valence-electron chi connectivity index (χ1n) is 4.30. The molecular weight excluding hydrogens is 188 g/mol. The number of hydrogen-bond donors (Lipinski definition) is 1. The van der Waals surface area contributed by atoms with Crippen LogP contribution in [0.5, 0.6) is 0 Å². The van der Waals surface area contributed by atoms with Crippen LogP contribution >= 0.6 is 0 Å². The van der Waals surface area contributed by atoms with Crippen molar-refractivity contribution in [2.24, 2.45) is 0 Å². The van der Waals surface area contributed by atoms with E-state index in [2.05, 4.69) is 11.8 Å². The Morgan fingerprint density at radius 2 is 2.23 bits per heavy atom. The molecule has 1 N–H and O–H groups in total. The maximum atomic E-state index is 11.1. The third-order valence-electron chi connectivity index (χ3n) is 2.26. The van der Waals surface area contributed by atoms with E-state index in [1.165, 1.54) is 0 Å². The van der Waals surface area contributed by atoms with Crippen molar-refractivity contribution in [3.8, 4) is 11.8 Å². The molecule has 0 bridgehead atoms. The zero-order valence-electron chi connectivity index (χ0n) is 7.71. The van der Waals surface area contributed by atoms with Crippen LogP contribution in [0.25, 0.3) is 0 Å². The summed E-state index contributed by atoms with van der Waals surface area (Å²) in [5, 5.41) is 9.81. The molecule has 0 radical (unpaired) electrons. The van der Waals surface area contributed by atoms with Crippen molar-refractivity contribution in [2.75, 3.05) is 11.5 Å². The third kappa shape index (κ3) is 3.02. The Labute approximate surface area is 79.1 Å². The van der Waals surface area contributed by atoms with Crippen molar-refractivity contribution in [2.45, 2.75) is 31.8 Å². The molecule has 0 aromatic rings. The summed E-state index contributed by atoms with van der Waals surface area (Å²) in [6.07, 6.45) is 1.40. The van der Waals surface area contributed by atoms with Crippen molar-refractivity contribution in [1.82, 2.24) is 0 Å². The molecule has 74 valence electrons. The van der Waals surface area contributed by atoms with Crippen molar-refractivity contribution in [3.05, 3.63) is 0 Å². The van der Waals surface area contributed by atoms with Gasteiger partial charge in [0.15, 0.2) is 9.84 Å². The molecule has 1 aliphatic rings. The van der Waals surface area contributed by atoms with Crippen LogP contribution < -0.4 is 0 Å². The Morgan fingerprint density at radius 1 is 1.54 bits per heavy atom. The van der Waals surface area contributed by atoms with Crippen LogP contribution in [0.15, 0.2) is 0 Å². The molecule has 0 aromatic carbocycles. The second-order valence-corrected chi connectivity index (χ2v) is 5.68. The summed E-state index contributed by atoms with van der Waals surface area (Å²) >= 11 is 0. The summed E-state index contributed by atoms with van der Waals surface area (Å²) in [4.78, 5) is 0. The SMILES string of the molecule is CC#CCCC1(O)CCS(=O)(=O)C1. The van der Waals surface area contributed by atoms with Gasteiger partial charge in [-0.2, -0.15) is 0 Å². The molecule has 1 fully saturated rings. The average Bonchev–Trinajstić information content (AvgIpc) is 2.27. The predicted molar refractivity (Wildman–Crippen MR) is 50.9 cm³/mol. The zero-order valence-corrected chi connectivity index (χ0v) is 8.52. The monoisotopic (exact) mass is 202 g/mol. The van der Waals surface area contributed by atoms with Gasteiger partial charge in [0.1, 0.15) is 0 Å². The summed E-state index contributed by atoms with van der Waals surface area (Å²) in [5.41, 5.74) is -1.01. The Balaban J connectivity index is 2.53. The summed E-state index contributed by atoms with van der Waals surface area (Å²) in [6.45, 7) is 1.73. The number of rotatable bonds is 2. The van der Waals surface area contributed by atoms with Gasteiger partial charge in [-0.15, -0.1) is 11.8 Å². The second kappa shape index (κ2) is 3.69. The second-order valence-electron chi connectivity index (χ2n) is 3.49. The van der Waals surface area contributed by atoms with Gasteiger partial charge in [0.05, 0.1) is 17.1 Å². The highest BCUT2D eigenvalue weighted by Crippen LogP contribution is 2.27. The normalized spacial score (nSPS) is 30.9. The Kier molecular flexibility index (Phi) is 2.99. The van der Waals surface area contributed by atoms with E-state index in [1.807, 2.05) is 0 Å². The van der Waals surface area contributed by atoms with Crippen LogP contribution in [0.4, 0.5) is 0 Å². The van der Waals surface area contributed by atoms with E-state index in [1.54, 1.807) is 6.92 Å². The zero-order chi connectivity index (χ0) is 9.95. The van der Waals surface area contributed by atoms with Crippen molar-refractivity contribution in [3.63, 3.8) is 0 Å². The highest BCUT2D eigenvalue weighted by molar-refractivity contribution is 7.91. The summed E-state index contributed by atoms with van der Waals surface area (Å²) in [5.74, 6) is 5.56. The van der Waals surface area contributed by atoms with Gasteiger partial charge < -0.3 is 5.11 Å². The Bertz CT molecular complexity index is 334. The molecule has 0 spiro atoms. The molecule has 0 saturated carbocycles. The molecule has 0 amide bonds. The van der Waals surface area contributed by atoms with Crippen molar-refractivity contribution in [1.29, 1.82) is 0 Å². The Hall–Kier alpha value is -0.530. The minimum absolute atomic E-state index is 0.0919. The molecule has 0 aliphatic carbocycles. The van der Waals surface area contributed by atoms with Crippen LogP contribution in [0, 0.1) is 11.8 Å². The molecule has 1 atom stereocenters. The van der Waals surface area contributed by atoms with Gasteiger partial charge in [0.25, 0.3) is 0 Å². The number of aliphatic hydroxyl groups is 1. The first kappa shape index (κ1) is 10.6. The van der Waals surface area contributed by atoms with Crippen LogP contribution in [-0.4, -0.2) is 30.6 Å². The molecule has 4 heteroatoms. The topological polar surface area (TPSA) is 54.4 Å². The highest BCUT2D eigenvalue weighted by atomic mass is 32.2. The largest absolute Gasteiger partial charge is 0.389 e. The summed E-state index contributed by atoms with van der Waals surface area (Å²) in [6, 6.07) is 0. The lowest BCUT2D eigenvalue weighted by molar-refractivity contribution is 0.0601. The lowest BCUT2D eigenvalue weighted by Gasteiger charge is -2.18. The van der Waals surface area contributed by atoms with E-state index < -0.39 is 15.4 Å². The standard InChI is InChI=1S/C9H14O3S/c1-2-3-4-5-9(10)6-7-13(11,12)8-9/h10H,4-8H2,1H3. The van der Waals surface area contributed by atoms with Crippen molar-refractivity contribution >= 4 is 9.84 Å². The predicted octanol–water partition coefficient (Wildman–Crippen LogP) is 0.340. The summed E-state index contributed by atoms with van der Waals surface area (Å²) in [7, 11) is -2.99. The van der Waals surface area contributed by atoms with E-state index in [-0.39, 0.29) is 11.5 Å². The molecule has 13 heavy (non-hydrogen) atoms. The average molecular weight is 202 g/mol. The Morgan fingerprint density at radius 3 is 2.69 bits per heavy atom.